The smallest absolute Gasteiger partial charge is 0.108 e. The molecule has 0 atom stereocenters. The summed E-state index contributed by atoms with van der Waals surface area (Å²) in [5, 5.41) is 11.3. The number of rotatable bonds is 7. The van der Waals surface area contributed by atoms with E-state index in [4.69, 9.17) is 0 Å². The van der Waals surface area contributed by atoms with Gasteiger partial charge in [0.25, 0.3) is 0 Å². The average molecular weight is 219 g/mol. The molecule has 0 aliphatic heterocycles. The van der Waals surface area contributed by atoms with Gasteiger partial charge >= 0.3 is 0 Å². The molecule has 0 fully saturated rings. The highest BCUT2D eigenvalue weighted by atomic mass is 16.3. The molecule has 1 radical (unpaired) electrons. The van der Waals surface area contributed by atoms with Gasteiger partial charge < -0.3 is 0 Å². The van der Waals surface area contributed by atoms with Crippen LogP contribution in [0.25, 0.3) is 0 Å². The lowest BCUT2D eigenvalue weighted by molar-refractivity contribution is 0.176. The van der Waals surface area contributed by atoms with E-state index in [9.17, 15) is 5.11 Å². The lowest BCUT2D eigenvalue weighted by atomic mass is 9.95. The van der Waals surface area contributed by atoms with Crippen molar-refractivity contribution in [3.05, 3.63) is 34.9 Å². The van der Waals surface area contributed by atoms with Crippen LogP contribution in [0.5, 0.6) is 0 Å². The number of benzene rings is 1. The Bertz CT molecular complexity index is 278. The second-order valence-electron chi connectivity index (χ2n) is 4.41. The molecule has 1 heteroatoms. The van der Waals surface area contributed by atoms with Crippen molar-refractivity contribution < 1.29 is 5.11 Å². The fourth-order valence-electron chi connectivity index (χ4n) is 2.08. The maximum atomic E-state index is 11.3. The summed E-state index contributed by atoms with van der Waals surface area (Å²) < 4.78 is 0. The Morgan fingerprint density at radius 3 is 1.81 bits per heavy atom. The molecule has 16 heavy (non-hydrogen) atoms. The third kappa shape index (κ3) is 3.64. The van der Waals surface area contributed by atoms with Crippen molar-refractivity contribution in [1.29, 1.82) is 0 Å². The maximum absolute atomic E-state index is 11.3. The van der Waals surface area contributed by atoms with Crippen molar-refractivity contribution in [2.24, 2.45) is 0 Å². The predicted molar refractivity (Wildman–Crippen MR) is 68.1 cm³/mol. The molecule has 0 heterocycles. The van der Waals surface area contributed by atoms with E-state index in [1.54, 1.807) is 0 Å². The molecule has 0 saturated carbocycles. The maximum Gasteiger partial charge on any atom is 0.108 e. The summed E-state index contributed by atoms with van der Waals surface area (Å²) in [6.07, 6.45) is 6.88. The fourth-order valence-corrected chi connectivity index (χ4v) is 2.08. The number of hydrogen-bond donors (Lipinski definition) is 0. The van der Waals surface area contributed by atoms with Crippen LogP contribution in [0.3, 0.4) is 0 Å². The standard InChI is InChI=1S/C15H23O/c1-3-5-8-13-10-7-11-14(9-6-4-2)15(13)12-16/h7,10-11H,3-6,8-9,12H2,1-2H3. The molecule has 0 aromatic heterocycles. The van der Waals surface area contributed by atoms with Crippen molar-refractivity contribution in [2.45, 2.75) is 59.0 Å². The molecule has 0 bridgehead atoms. The molecule has 1 nitrogen and oxygen atoms in total. The zero-order chi connectivity index (χ0) is 11.8. The highest BCUT2D eigenvalue weighted by Gasteiger charge is 2.07. The third-order valence-electron chi connectivity index (χ3n) is 3.11. The van der Waals surface area contributed by atoms with Gasteiger partial charge in [0.15, 0.2) is 0 Å². The topological polar surface area (TPSA) is 19.9 Å². The summed E-state index contributed by atoms with van der Waals surface area (Å²) in [7, 11) is 0. The van der Waals surface area contributed by atoms with Crippen LogP contribution >= 0.6 is 0 Å². The molecular formula is C15H23O. The Balaban J connectivity index is 2.82. The van der Waals surface area contributed by atoms with Crippen LogP contribution in [0, 0.1) is 0 Å². The molecule has 0 aliphatic rings. The van der Waals surface area contributed by atoms with Gasteiger partial charge in [0.2, 0.25) is 0 Å². The minimum Gasteiger partial charge on any atom is -0.232 e. The molecular weight excluding hydrogens is 196 g/mol. The van der Waals surface area contributed by atoms with Gasteiger partial charge in [-0.25, -0.2) is 5.11 Å². The van der Waals surface area contributed by atoms with Gasteiger partial charge in [-0.05, 0) is 42.4 Å². The van der Waals surface area contributed by atoms with E-state index in [1.165, 1.54) is 36.8 Å². The van der Waals surface area contributed by atoms with Crippen molar-refractivity contribution >= 4 is 0 Å². The lowest BCUT2D eigenvalue weighted by Gasteiger charge is -2.11. The molecule has 1 aromatic rings. The molecule has 0 saturated heterocycles. The van der Waals surface area contributed by atoms with Gasteiger partial charge in [0.05, 0.1) is 0 Å². The van der Waals surface area contributed by atoms with Gasteiger partial charge in [-0.2, -0.15) is 0 Å². The zero-order valence-corrected chi connectivity index (χ0v) is 10.6. The fraction of sp³-hybridized carbons (Fsp3) is 0.600. The zero-order valence-electron chi connectivity index (χ0n) is 10.6. The van der Waals surface area contributed by atoms with E-state index in [1.807, 2.05) is 0 Å². The molecule has 1 rings (SSSR count). The van der Waals surface area contributed by atoms with Crippen LogP contribution in [-0.4, -0.2) is 0 Å². The molecule has 1 aromatic carbocycles. The van der Waals surface area contributed by atoms with E-state index in [0.29, 0.717) is 0 Å². The summed E-state index contributed by atoms with van der Waals surface area (Å²) in [5.74, 6) is 0. The van der Waals surface area contributed by atoms with E-state index < -0.39 is 0 Å². The summed E-state index contributed by atoms with van der Waals surface area (Å²) in [5.41, 5.74) is 3.64. The third-order valence-corrected chi connectivity index (χ3v) is 3.11. The minimum absolute atomic E-state index is 0.0566. The summed E-state index contributed by atoms with van der Waals surface area (Å²) in [6.45, 7) is 4.33. The van der Waals surface area contributed by atoms with Gasteiger partial charge in [0.1, 0.15) is 6.61 Å². The van der Waals surface area contributed by atoms with Gasteiger partial charge in [-0.15, -0.1) is 0 Å². The summed E-state index contributed by atoms with van der Waals surface area (Å²) in [6, 6.07) is 6.35. The van der Waals surface area contributed by atoms with Crippen LogP contribution in [-0.2, 0) is 24.6 Å². The second kappa shape index (κ2) is 7.45. The van der Waals surface area contributed by atoms with Crippen LogP contribution in [0.4, 0.5) is 0 Å². The van der Waals surface area contributed by atoms with Crippen molar-refractivity contribution in [2.75, 3.05) is 0 Å². The Hall–Kier alpha value is -0.820. The summed E-state index contributed by atoms with van der Waals surface area (Å²) >= 11 is 0. The second-order valence-corrected chi connectivity index (χ2v) is 4.41. The molecule has 0 unspecified atom stereocenters. The first-order chi connectivity index (χ1) is 7.83. The Morgan fingerprint density at radius 2 is 1.44 bits per heavy atom. The molecule has 0 aliphatic carbocycles. The number of aryl methyl sites for hydroxylation is 2. The highest BCUT2D eigenvalue weighted by Crippen LogP contribution is 2.19. The van der Waals surface area contributed by atoms with Gasteiger partial charge in [0, 0.05) is 0 Å². The summed E-state index contributed by atoms with van der Waals surface area (Å²) in [4.78, 5) is 0. The molecule has 0 N–H and O–H groups in total. The van der Waals surface area contributed by atoms with E-state index in [2.05, 4.69) is 32.0 Å². The number of unbranched alkanes of at least 4 members (excludes halogenated alkanes) is 2. The van der Waals surface area contributed by atoms with Crippen LogP contribution in [0.2, 0.25) is 0 Å². The van der Waals surface area contributed by atoms with Crippen molar-refractivity contribution in [1.82, 2.24) is 0 Å². The van der Waals surface area contributed by atoms with E-state index in [-0.39, 0.29) is 6.61 Å². The van der Waals surface area contributed by atoms with Crippen LogP contribution < -0.4 is 0 Å². The molecule has 0 spiro atoms. The molecule has 89 valence electrons. The monoisotopic (exact) mass is 219 g/mol. The molecule has 0 amide bonds. The van der Waals surface area contributed by atoms with Crippen LogP contribution in [0.15, 0.2) is 18.2 Å². The Labute approximate surface area is 99.5 Å². The van der Waals surface area contributed by atoms with E-state index in [0.717, 1.165) is 18.4 Å². The van der Waals surface area contributed by atoms with Crippen molar-refractivity contribution in [3.63, 3.8) is 0 Å². The normalized spacial score (nSPS) is 10.7. The number of hydrogen-bond acceptors (Lipinski definition) is 0. The minimum atomic E-state index is -0.0566. The Morgan fingerprint density at radius 1 is 0.938 bits per heavy atom. The van der Waals surface area contributed by atoms with E-state index >= 15 is 0 Å². The van der Waals surface area contributed by atoms with Crippen LogP contribution in [0.1, 0.15) is 56.2 Å². The lowest BCUT2D eigenvalue weighted by Crippen LogP contribution is -2.00. The SMILES string of the molecule is CCCCc1cccc(CCCC)c1C[O]. The predicted octanol–water partition coefficient (Wildman–Crippen LogP) is 4.30. The first kappa shape index (κ1) is 13.2. The van der Waals surface area contributed by atoms with Gasteiger partial charge in [-0.3, -0.25) is 0 Å². The van der Waals surface area contributed by atoms with Gasteiger partial charge in [-0.1, -0.05) is 44.9 Å². The first-order valence-corrected chi connectivity index (χ1v) is 6.51. The Kier molecular flexibility index (Phi) is 6.17. The largest absolute Gasteiger partial charge is 0.232 e. The average Bonchev–Trinajstić information content (AvgIpc) is 2.33. The first-order valence-electron chi connectivity index (χ1n) is 6.51. The highest BCUT2D eigenvalue weighted by molar-refractivity contribution is 5.35. The van der Waals surface area contributed by atoms with Crippen molar-refractivity contribution in [3.8, 4) is 0 Å². The quantitative estimate of drug-likeness (QED) is 0.651.